The van der Waals surface area contributed by atoms with Crippen LogP contribution in [0, 0.1) is 0 Å². The van der Waals surface area contributed by atoms with Gasteiger partial charge in [0.1, 0.15) is 13.2 Å². The highest BCUT2D eigenvalue weighted by Gasteiger charge is 2.05. The summed E-state index contributed by atoms with van der Waals surface area (Å²) in [6.45, 7) is -0.738. The van der Waals surface area contributed by atoms with Gasteiger partial charge in [0.2, 0.25) is 0 Å². The van der Waals surface area contributed by atoms with Gasteiger partial charge in [0.25, 0.3) is 11.8 Å². The molecule has 0 bridgehead atoms. The van der Waals surface area contributed by atoms with E-state index in [1.54, 1.807) is 36.4 Å². The van der Waals surface area contributed by atoms with Crippen LogP contribution in [0.1, 0.15) is 11.1 Å². The van der Waals surface area contributed by atoms with E-state index in [0.717, 1.165) is 0 Å². The van der Waals surface area contributed by atoms with Crippen molar-refractivity contribution >= 4 is 70.6 Å². The summed E-state index contributed by atoms with van der Waals surface area (Å²) in [5.41, 5.74) is 5.66. The van der Waals surface area contributed by atoms with Gasteiger partial charge in [0.15, 0.2) is 0 Å². The third-order valence-electron chi connectivity index (χ3n) is 3.18. The zero-order chi connectivity index (χ0) is 21.2. The maximum Gasteiger partial charge on any atom is 0.266 e. The number of ether oxygens (including phenoxy) is 1. The van der Waals surface area contributed by atoms with Crippen molar-refractivity contribution in [3.05, 3.63) is 67.6 Å². The highest BCUT2D eigenvalue weighted by atomic mass is 35.5. The van der Waals surface area contributed by atoms with Crippen LogP contribution >= 0.6 is 46.4 Å². The number of hydrogen-bond acceptors (Lipinski definition) is 5. The Bertz CT molecular complexity index is 875. The number of benzene rings is 2. The summed E-state index contributed by atoms with van der Waals surface area (Å²) in [6.07, 6.45) is 2.72. The molecule has 0 heterocycles. The molecule has 11 heteroatoms. The quantitative estimate of drug-likeness (QED) is 0.447. The first-order valence-corrected chi connectivity index (χ1v) is 9.48. The summed E-state index contributed by atoms with van der Waals surface area (Å²) in [5.74, 6) is -1.09. The van der Waals surface area contributed by atoms with E-state index in [2.05, 4.69) is 21.1 Å². The Morgan fingerprint density at radius 1 is 0.793 bits per heavy atom. The molecule has 152 valence electrons. The third-order valence-corrected chi connectivity index (χ3v) is 4.30. The molecule has 0 aliphatic rings. The molecular weight excluding hydrogens is 462 g/mol. The standard InChI is InChI=1S/C18H14Cl4N4O3/c19-13-3-1-11(15(21)5-13)7-23-25-17(27)9-29-10-18(28)26-24-8-12-2-4-14(20)6-16(12)22/h1-8H,9-10H2,(H,25,27)(H,26,28)/b23-7-,24-8+. The number of nitrogens with zero attached hydrogens (tertiary/aromatic N) is 2. The van der Waals surface area contributed by atoms with Gasteiger partial charge in [0, 0.05) is 21.2 Å². The molecule has 0 atom stereocenters. The predicted octanol–water partition coefficient (Wildman–Crippen LogP) is 3.92. The van der Waals surface area contributed by atoms with Crippen molar-refractivity contribution in [2.45, 2.75) is 0 Å². The highest BCUT2D eigenvalue weighted by molar-refractivity contribution is 6.36. The van der Waals surface area contributed by atoms with Crippen LogP contribution < -0.4 is 10.9 Å². The Morgan fingerprint density at radius 3 is 1.59 bits per heavy atom. The van der Waals surface area contributed by atoms with Gasteiger partial charge in [-0.1, -0.05) is 58.5 Å². The fourth-order valence-electron chi connectivity index (χ4n) is 1.86. The van der Waals surface area contributed by atoms with Crippen LogP contribution in [0.5, 0.6) is 0 Å². The Hall–Kier alpha value is -2.16. The Morgan fingerprint density at radius 2 is 1.21 bits per heavy atom. The van der Waals surface area contributed by atoms with Gasteiger partial charge in [-0.25, -0.2) is 10.9 Å². The second-order valence-electron chi connectivity index (χ2n) is 5.41. The molecule has 0 radical (unpaired) electrons. The van der Waals surface area contributed by atoms with E-state index in [1.165, 1.54) is 12.4 Å². The molecule has 0 saturated heterocycles. The van der Waals surface area contributed by atoms with Crippen LogP contribution in [0.4, 0.5) is 0 Å². The fourth-order valence-corrected chi connectivity index (χ4v) is 2.78. The SMILES string of the molecule is O=C(COCC(=O)N/N=C/c1ccc(Cl)cc1Cl)N/N=C\c1ccc(Cl)cc1Cl. The van der Waals surface area contributed by atoms with Crippen LogP contribution in [0.15, 0.2) is 46.6 Å². The Labute approximate surface area is 186 Å². The van der Waals surface area contributed by atoms with Crippen LogP contribution in [-0.4, -0.2) is 37.5 Å². The molecule has 0 unspecified atom stereocenters. The molecule has 2 amide bonds. The van der Waals surface area contributed by atoms with Gasteiger partial charge < -0.3 is 4.74 Å². The molecule has 0 aliphatic carbocycles. The molecule has 0 aromatic heterocycles. The zero-order valence-corrected chi connectivity index (χ0v) is 17.7. The monoisotopic (exact) mass is 474 g/mol. The molecule has 29 heavy (non-hydrogen) atoms. The van der Waals surface area contributed by atoms with Crippen molar-refractivity contribution in [3.8, 4) is 0 Å². The normalized spacial score (nSPS) is 11.2. The highest BCUT2D eigenvalue weighted by Crippen LogP contribution is 2.20. The number of carbonyl (C=O) groups is 2. The minimum Gasteiger partial charge on any atom is -0.362 e. The van der Waals surface area contributed by atoms with E-state index in [-0.39, 0.29) is 13.2 Å². The summed E-state index contributed by atoms with van der Waals surface area (Å²) in [5, 5.41) is 9.26. The van der Waals surface area contributed by atoms with E-state index in [1.807, 2.05) is 0 Å². The van der Waals surface area contributed by atoms with Crippen LogP contribution in [-0.2, 0) is 14.3 Å². The maximum absolute atomic E-state index is 11.6. The van der Waals surface area contributed by atoms with E-state index in [4.69, 9.17) is 51.1 Å². The first kappa shape index (κ1) is 23.1. The molecule has 2 aromatic rings. The molecule has 0 aliphatic heterocycles. The maximum atomic E-state index is 11.6. The van der Waals surface area contributed by atoms with Crippen LogP contribution in [0.25, 0.3) is 0 Å². The van der Waals surface area contributed by atoms with Gasteiger partial charge in [0.05, 0.1) is 22.5 Å². The summed E-state index contributed by atoms with van der Waals surface area (Å²) < 4.78 is 4.98. The second kappa shape index (κ2) is 11.7. The van der Waals surface area contributed by atoms with E-state index >= 15 is 0 Å². The van der Waals surface area contributed by atoms with Gasteiger partial charge in [-0.2, -0.15) is 10.2 Å². The number of halogens is 4. The van der Waals surface area contributed by atoms with E-state index in [0.29, 0.717) is 31.2 Å². The number of hydrogen-bond donors (Lipinski definition) is 2. The summed E-state index contributed by atoms with van der Waals surface area (Å²) in [4.78, 5) is 23.3. The molecule has 0 fully saturated rings. The molecule has 0 spiro atoms. The lowest BCUT2D eigenvalue weighted by Crippen LogP contribution is -2.28. The first-order chi connectivity index (χ1) is 13.8. The number of carbonyl (C=O) groups excluding carboxylic acids is 2. The Kier molecular flexibility index (Phi) is 9.37. The van der Waals surface area contributed by atoms with Gasteiger partial charge in [-0.15, -0.1) is 0 Å². The van der Waals surface area contributed by atoms with Crippen molar-refractivity contribution in [3.63, 3.8) is 0 Å². The number of amides is 2. The number of rotatable bonds is 8. The zero-order valence-electron chi connectivity index (χ0n) is 14.7. The molecule has 2 N–H and O–H groups in total. The fraction of sp³-hybridized carbons (Fsp3) is 0.111. The first-order valence-electron chi connectivity index (χ1n) is 7.97. The summed E-state index contributed by atoms with van der Waals surface area (Å²) >= 11 is 23.5. The van der Waals surface area contributed by atoms with Crippen molar-refractivity contribution < 1.29 is 14.3 Å². The minimum atomic E-state index is -0.546. The van der Waals surface area contributed by atoms with E-state index in [9.17, 15) is 9.59 Å². The largest absolute Gasteiger partial charge is 0.362 e. The van der Waals surface area contributed by atoms with Crippen LogP contribution in [0.2, 0.25) is 20.1 Å². The lowest BCUT2D eigenvalue weighted by molar-refractivity contribution is -0.130. The average Bonchev–Trinajstić information content (AvgIpc) is 2.65. The Balaban J connectivity index is 1.68. The summed E-state index contributed by atoms with van der Waals surface area (Å²) in [6, 6.07) is 9.69. The predicted molar refractivity (Wildman–Crippen MR) is 115 cm³/mol. The van der Waals surface area contributed by atoms with Gasteiger partial charge in [-0.05, 0) is 24.3 Å². The van der Waals surface area contributed by atoms with E-state index < -0.39 is 11.8 Å². The lowest BCUT2D eigenvalue weighted by Gasteiger charge is -2.03. The topological polar surface area (TPSA) is 92.2 Å². The van der Waals surface area contributed by atoms with Gasteiger partial charge >= 0.3 is 0 Å². The molecule has 0 saturated carbocycles. The molecule has 7 nitrogen and oxygen atoms in total. The van der Waals surface area contributed by atoms with Crippen molar-refractivity contribution in [2.75, 3.05) is 13.2 Å². The van der Waals surface area contributed by atoms with Crippen molar-refractivity contribution in [1.82, 2.24) is 10.9 Å². The van der Waals surface area contributed by atoms with Crippen LogP contribution in [0.3, 0.4) is 0 Å². The van der Waals surface area contributed by atoms with Crippen molar-refractivity contribution in [1.29, 1.82) is 0 Å². The number of nitrogens with one attached hydrogen (secondary N) is 2. The molecule has 2 rings (SSSR count). The summed E-state index contributed by atoms with van der Waals surface area (Å²) in [7, 11) is 0. The molecule has 2 aromatic carbocycles. The third kappa shape index (κ3) is 8.39. The average molecular weight is 476 g/mol. The lowest BCUT2D eigenvalue weighted by atomic mass is 10.2. The van der Waals surface area contributed by atoms with Crippen molar-refractivity contribution in [2.24, 2.45) is 10.2 Å². The number of hydrazone groups is 2. The van der Waals surface area contributed by atoms with Gasteiger partial charge in [-0.3, -0.25) is 9.59 Å². The minimum absolute atomic E-state index is 0.369. The smallest absolute Gasteiger partial charge is 0.266 e. The molecular formula is C18H14Cl4N4O3. The second-order valence-corrected chi connectivity index (χ2v) is 7.10.